The number of carbonyl (C=O) groups is 2. The van der Waals surface area contributed by atoms with Crippen LogP contribution in [0.3, 0.4) is 0 Å². The lowest BCUT2D eigenvalue weighted by Gasteiger charge is -2.37. The summed E-state index contributed by atoms with van der Waals surface area (Å²) < 4.78 is 11.4. The van der Waals surface area contributed by atoms with Gasteiger partial charge in [0.15, 0.2) is 0 Å². The molecule has 166 valence electrons. The third kappa shape index (κ3) is 5.90. The molecular formula is C24H31N3O4. The first-order valence-electron chi connectivity index (χ1n) is 10.5. The van der Waals surface area contributed by atoms with Gasteiger partial charge in [-0.1, -0.05) is 18.2 Å². The van der Waals surface area contributed by atoms with Crippen LogP contribution in [0.15, 0.2) is 48.5 Å². The zero-order valence-electron chi connectivity index (χ0n) is 18.8. The number of anilines is 2. The van der Waals surface area contributed by atoms with E-state index < -0.39 is 11.7 Å². The molecular weight excluding hydrogens is 394 g/mol. The molecule has 31 heavy (non-hydrogen) atoms. The second-order valence-corrected chi connectivity index (χ2v) is 8.64. The Morgan fingerprint density at radius 1 is 1.19 bits per heavy atom. The lowest BCUT2D eigenvalue weighted by atomic mass is 10.1. The third-order valence-corrected chi connectivity index (χ3v) is 4.88. The molecule has 2 aromatic carbocycles. The Balaban J connectivity index is 1.65. The van der Waals surface area contributed by atoms with E-state index in [9.17, 15) is 9.59 Å². The Kier molecular flexibility index (Phi) is 6.73. The molecule has 0 bridgehead atoms. The average molecular weight is 426 g/mol. The smallest absolute Gasteiger partial charge is 0.412 e. The molecule has 2 aromatic rings. The first-order valence-corrected chi connectivity index (χ1v) is 10.5. The van der Waals surface area contributed by atoms with Crippen molar-refractivity contribution >= 4 is 23.4 Å². The van der Waals surface area contributed by atoms with Gasteiger partial charge in [-0.25, -0.2) is 4.79 Å². The summed E-state index contributed by atoms with van der Waals surface area (Å²) >= 11 is 0. The van der Waals surface area contributed by atoms with Crippen LogP contribution in [0.4, 0.5) is 16.2 Å². The molecule has 1 N–H and O–H groups in total. The van der Waals surface area contributed by atoms with E-state index in [4.69, 9.17) is 9.47 Å². The van der Waals surface area contributed by atoms with Crippen LogP contribution in [0.25, 0.3) is 0 Å². The summed E-state index contributed by atoms with van der Waals surface area (Å²) in [4.78, 5) is 28.9. The molecule has 0 radical (unpaired) electrons. The molecule has 0 aromatic heterocycles. The van der Waals surface area contributed by atoms with E-state index in [-0.39, 0.29) is 12.0 Å². The third-order valence-electron chi connectivity index (χ3n) is 4.88. The van der Waals surface area contributed by atoms with Crippen LogP contribution in [0.1, 0.15) is 38.1 Å². The van der Waals surface area contributed by atoms with Gasteiger partial charge in [0.25, 0.3) is 5.91 Å². The van der Waals surface area contributed by atoms with Gasteiger partial charge in [0.1, 0.15) is 17.5 Å². The minimum Gasteiger partial charge on any atom is -0.485 e. The monoisotopic (exact) mass is 425 g/mol. The van der Waals surface area contributed by atoms with Gasteiger partial charge in [0.2, 0.25) is 0 Å². The zero-order valence-corrected chi connectivity index (χ0v) is 18.8. The number of benzene rings is 2. The first-order chi connectivity index (χ1) is 14.7. The van der Waals surface area contributed by atoms with Gasteiger partial charge in [-0.3, -0.25) is 10.1 Å². The summed E-state index contributed by atoms with van der Waals surface area (Å²) in [5.74, 6) is 0.698. The van der Waals surface area contributed by atoms with Crippen LogP contribution in [0, 0.1) is 0 Å². The molecule has 0 spiro atoms. The molecule has 1 aliphatic heterocycles. The normalized spacial score (nSPS) is 15.5. The van der Waals surface area contributed by atoms with Crippen molar-refractivity contribution in [1.82, 2.24) is 4.90 Å². The summed E-state index contributed by atoms with van der Waals surface area (Å²) in [5, 5.41) is 2.68. The van der Waals surface area contributed by atoms with Crippen LogP contribution >= 0.6 is 0 Å². The van der Waals surface area contributed by atoms with Gasteiger partial charge < -0.3 is 19.3 Å². The molecule has 7 heteroatoms. The molecule has 7 nitrogen and oxygen atoms in total. The lowest BCUT2D eigenvalue weighted by Crippen LogP contribution is -2.46. The van der Waals surface area contributed by atoms with Crippen LogP contribution < -0.4 is 15.0 Å². The maximum absolute atomic E-state index is 13.0. The number of nitrogens with zero attached hydrogens (tertiary/aromatic N) is 2. The highest BCUT2D eigenvalue weighted by Gasteiger charge is 2.27. The lowest BCUT2D eigenvalue weighted by molar-refractivity contribution is 0.0634. The van der Waals surface area contributed by atoms with Crippen molar-refractivity contribution in [1.29, 1.82) is 0 Å². The van der Waals surface area contributed by atoms with Gasteiger partial charge in [-0.15, -0.1) is 0 Å². The molecule has 1 heterocycles. The molecule has 0 unspecified atom stereocenters. The molecule has 0 saturated carbocycles. The molecule has 3 rings (SSSR count). The Hall–Kier alpha value is -3.22. The predicted octanol–water partition coefficient (Wildman–Crippen LogP) is 4.39. The highest BCUT2D eigenvalue weighted by atomic mass is 16.6. The van der Waals surface area contributed by atoms with Crippen molar-refractivity contribution in [2.75, 3.05) is 36.9 Å². The predicted molar refractivity (Wildman–Crippen MR) is 122 cm³/mol. The minimum atomic E-state index is -0.595. The van der Waals surface area contributed by atoms with Crippen molar-refractivity contribution in [3.63, 3.8) is 0 Å². The molecule has 2 amide bonds. The van der Waals surface area contributed by atoms with E-state index in [0.717, 1.165) is 18.0 Å². The number of likely N-dealkylation sites (N-methyl/N-ethyl adjacent to an activating group) is 2. The molecule has 1 atom stereocenters. The van der Waals surface area contributed by atoms with Crippen molar-refractivity contribution in [2.24, 2.45) is 0 Å². The van der Waals surface area contributed by atoms with Crippen molar-refractivity contribution < 1.29 is 19.1 Å². The van der Waals surface area contributed by atoms with Gasteiger partial charge in [0.05, 0.1) is 18.8 Å². The molecule has 0 fully saturated rings. The number of rotatable bonds is 5. The zero-order chi connectivity index (χ0) is 22.6. The second kappa shape index (κ2) is 9.29. The number of carbonyl (C=O) groups excluding carboxylic acids is 2. The summed E-state index contributed by atoms with van der Waals surface area (Å²) in [6.45, 7) is 9.54. The quantitative estimate of drug-likeness (QED) is 0.769. The van der Waals surface area contributed by atoms with Crippen LogP contribution in [-0.4, -0.2) is 55.3 Å². The molecule has 1 aliphatic rings. The van der Waals surface area contributed by atoms with Crippen LogP contribution in [0.5, 0.6) is 5.75 Å². The Morgan fingerprint density at radius 3 is 2.65 bits per heavy atom. The Bertz CT molecular complexity index is 938. The average Bonchev–Trinajstić information content (AvgIpc) is 2.71. The minimum absolute atomic E-state index is 0.133. The van der Waals surface area contributed by atoms with Gasteiger partial charge >= 0.3 is 6.09 Å². The van der Waals surface area contributed by atoms with Crippen LogP contribution in [-0.2, 0) is 4.74 Å². The van der Waals surface area contributed by atoms with Gasteiger partial charge in [-0.05, 0) is 58.0 Å². The second-order valence-electron chi connectivity index (χ2n) is 8.64. The topological polar surface area (TPSA) is 71.1 Å². The summed E-state index contributed by atoms with van der Waals surface area (Å²) in [7, 11) is 1.76. The van der Waals surface area contributed by atoms with E-state index in [0.29, 0.717) is 24.3 Å². The van der Waals surface area contributed by atoms with Crippen molar-refractivity contribution in [3.8, 4) is 5.75 Å². The fourth-order valence-electron chi connectivity index (χ4n) is 3.53. The van der Waals surface area contributed by atoms with E-state index in [1.54, 1.807) is 57.0 Å². The van der Waals surface area contributed by atoms with Crippen LogP contribution in [0.2, 0.25) is 0 Å². The highest BCUT2D eigenvalue weighted by Crippen LogP contribution is 2.33. The van der Waals surface area contributed by atoms with Crippen molar-refractivity contribution in [2.45, 2.75) is 39.4 Å². The van der Waals surface area contributed by atoms with E-state index in [1.165, 1.54) is 0 Å². The summed E-state index contributed by atoms with van der Waals surface area (Å²) in [6.07, 6.45) is -0.689. The van der Waals surface area contributed by atoms with Gasteiger partial charge in [-0.2, -0.15) is 0 Å². The van der Waals surface area contributed by atoms with E-state index in [2.05, 4.69) is 17.1 Å². The number of amides is 2. The van der Waals surface area contributed by atoms with E-state index >= 15 is 0 Å². The number of ether oxygens (including phenoxy) is 2. The molecule has 0 saturated heterocycles. The molecule has 0 aliphatic carbocycles. The fraction of sp³-hybridized carbons (Fsp3) is 0.417. The van der Waals surface area contributed by atoms with Crippen molar-refractivity contribution in [3.05, 3.63) is 54.1 Å². The number of para-hydroxylation sites is 2. The Morgan fingerprint density at radius 2 is 1.94 bits per heavy atom. The number of nitrogens with one attached hydrogen (secondary N) is 1. The first kappa shape index (κ1) is 22.5. The largest absolute Gasteiger partial charge is 0.485 e. The standard InChI is InChI=1S/C24H31N3O4/c1-6-27-16-19(30-21-13-8-7-12-20(21)27)15-26(5)22(28)17-10-9-11-18(14-17)25-23(29)31-24(2,3)4/h7-14,19H,6,15-16H2,1-5H3,(H,25,29)/t19-/m0/s1. The number of hydrogen-bond donors (Lipinski definition) is 1. The maximum atomic E-state index is 13.0. The number of fused-ring (bicyclic) bond motifs is 1. The highest BCUT2D eigenvalue weighted by molar-refractivity contribution is 5.96. The fourth-order valence-corrected chi connectivity index (χ4v) is 3.53. The summed E-state index contributed by atoms with van der Waals surface area (Å²) in [6, 6.07) is 14.8. The van der Waals surface area contributed by atoms with Gasteiger partial charge in [0, 0.05) is 24.8 Å². The van der Waals surface area contributed by atoms with E-state index in [1.807, 2.05) is 24.3 Å². The number of hydrogen-bond acceptors (Lipinski definition) is 5. The maximum Gasteiger partial charge on any atom is 0.412 e. The Labute approximate surface area is 183 Å². The summed E-state index contributed by atoms with van der Waals surface area (Å²) in [5.41, 5.74) is 1.48. The SMILES string of the molecule is CCN1C[C@H](CN(C)C(=O)c2cccc(NC(=O)OC(C)(C)C)c2)Oc2ccccc21.